The molecule has 1 rings (SSSR count). The Balaban J connectivity index is 3.33. The first-order valence-corrected chi connectivity index (χ1v) is 6.92. The summed E-state index contributed by atoms with van der Waals surface area (Å²) in [5, 5.41) is 2.61. The van der Waals surface area contributed by atoms with Crippen LogP contribution in [0.2, 0.25) is 0 Å². The maximum Gasteiger partial charge on any atom is 0.181 e. The van der Waals surface area contributed by atoms with Crippen LogP contribution in [0.25, 0.3) is 0 Å². The van der Waals surface area contributed by atoms with Gasteiger partial charge in [0, 0.05) is 6.54 Å². The zero-order valence-corrected chi connectivity index (χ0v) is 11.1. The lowest BCUT2D eigenvalue weighted by Crippen LogP contribution is -2.18. The summed E-state index contributed by atoms with van der Waals surface area (Å²) in [4.78, 5) is 0.447. The molecule has 0 aliphatic carbocycles. The molecule has 4 heteroatoms. The van der Waals surface area contributed by atoms with Crippen molar-refractivity contribution in [2.24, 2.45) is 0 Å². The monoisotopic (exact) mass is 241 g/mol. The standard InChI is InChI=1S/C12H19NO2S/c1-9(2)16(14,15)12-6-5-10(3)7-11(12)8-13-4/h5-7,9,13H,8H2,1-4H3. The highest BCUT2D eigenvalue weighted by molar-refractivity contribution is 7.92. The van der Waals surface area contributed by atoms with E-state index in [-0.39, 0.29) is 5.25 Å². The van der Waals surface area contributed by atoms with Gasteiger partial charge >= 0.3 is 0 Å². The van der Waals surface area contributed by atoms with Gasteiger partial charge < -0.3 is 5.32 Å². The third-order valence-corrected chi connectivity index (χ3v) is 4.76. The van der Waals surface area contributed by atoms with Crippen molar-refractivity contribution in [2.75, 3.05) is 7.05 Å². The van der Waals surface area contributed by atoms with Gasteiger partial charge in [0.25, 0.3) is 0 Å². The molecule has 0 spiro atoms. The normalized spacial score (nSPS) is 12.1. The molecule has 0 heterocycles. The minimum absolute atomic E-state index is 0.384. The van der Waals surface area contributed by atoms with Crippen molar-refractivity contribution in [3.8, 4) is 0 Å². The van der Waals surface area contributed by atoms with E-state index in [9.17, 15) is 8.42 Å². The fourth-order valence-corrected chi connectivity index (χ4v) is 2.83. The van der Waals surface area contributed by atoms with Crippen LogP contribution in [0.4, 0.5) is 0 Å². The Morgan fingerprint density at radius 2 is 1.94 bits per heavy atom. The lowest BCUT2D eigenvalue weighted by Gasteiger charge is -2.13. The predicted molar refractivity (Wildman–Crippen MR) is 66.3 cm³/mol. The summed E-state index contributed by atoms with van der Waals surface area (Å²) < 4.78 is 24.2. The van der Waals surface area contributed by atoms with Gasteiger partial charge in [-0.05, 0) is 39.4 Å². The van der Waals surface area contributed by atoms with E-state index in [4.69, 9.17) is 0 Å². The van der Waals surface area contributed by atoms with Crippen molar-refractivity contribution >= 4 is 9.84 Å². The van der Waals surface area contributed by atoms with Crippen LogP contribution in [-0.2, 0) is 16.4 Å². The molecule has 3 nitrogen and oxygen atoms in total. The maximum absolute atomic E-state index is 12.1. The number of nitrogens with one attached hydrogen (secondary N) is 1. The highest BCUT2D eigenvalue weighted by Crippen LogP contribution is 2.21. The molecule has 0 bridgehead atoms. The summed E-state index contributed by atoms with van der Waals surface area (Å²) in [5.41, 5.74) is 1.92. The zero-order valence-electron chi connectivity index (χ0n) is 10.2. The van der Waals surface area contributed by atoms with Crippen LogP contribution in [0.5, 0.6) is 0 Å². The molecule has 0 fully saturated rings. The summed E-state index contributed by atoms with van der Waals surface area (Å²) in [7, 11) is -1.37. The third-order valence-electron chi connectivity index (χ3n) is 2.51. The van der Waals surface area contributed by atoms with E-state index < -0.39 is 9.84 Å². The van der Waals surface area contributed by atoms with Crippen molar-refractivity contribution in [2.45, 2.75) is 37.5 Å². The Morgan fingerprint density at radius 1 is 1.31 bits per heavy atom. The van der Waals surface area contributed by atoms with Crippen molar-refractivity contribution in [3.63, 3.8) is 0 Å². The zero-order chi connectivity index (χ0) is 12.3. The quantitative estimate of drug-likeness (QED) is 0.875. The highest BCUT2D eigenvalue weighted by Gasteiger charge is 2.22. The van der Waals surface area contributed by atoms with Gasteiger partial charge in [-0.25, -0.2) is 8.42 Å². The molecule has 0 saturated heterocycles. The summed E-state index contributed by atoms with van der Waals surface area (Å²) >= 11 is 0. The van der Waals surface area contributed by atoms with Crippen molar-refractivity contribution < 1.29 is 8.42 Å². The molecule has 1 aromatic carbocycles. The van der Waals surface area contributed by atoms with Gasteiger partial charge in [-0.15, -0.1) is 0 Å². The molecule has 1 aromatic rings. The van der Waals surface area contributed by atoms with Crippen LogP contribution in [-0.4, -0.2) is 20.7 Å². The predicted octanol–water partition coefficient (Wildman–Crippen LogP) is 1.90. The number of sulfone groups is 1. The topological polar surface area (TPSA) is 46.2 Å². The van der Waals surface area contributed by atoms with Crippen LogP contribution in [0.15, 0.2) is 23.1 Å². The average Bonchev–Trinajstić information content (AvgIpc) is 2.17. The first kappa shape index (κ1) is 13.2. The molecule has 16 heavy (non-hydrogen) atoms. The third kappa shape index (κ3) is 2.62. The second-order valence-electron chi connectivity index (χ2n) is 4.24. The Labute approximate surface area is 97.8 Å². The van der Waals surface area contributed by atoms with Crippen molar-refractivity contribution in [3.05, 3.63) is 29.3 Å². The average molecular weight is 241 g/mol. The van der Waals surface area contributed by atoms with Gasteiger partial charge in [-0.2, -0.15) is 0 Å². The maximum atomic E-state index is 12.1. The highest BCUT2D eigenvalue weighted by atomic mass is 32.2. The molecule has 1 N–H and O–H groups in total. The van der Waals surface area contributed by atoms with E-state index in [0.717, 1.165) is 11.1 Å². The van der Waals surface area contributed by atoms with Gasteiger partial charge in [0.2, 0.25) is 0 Å². The van der Waals surface area contributed by atoms with Gasteiger partial charge in [0.05, 0.1) is 10.1 Å². The van der Waals surface area contributed by atoms with Crippen LogP contribution >= 0.6 is 0 Å². The SMILES string of the molecule is CNCc1cc(C)ccc1S(=O)(=O)C(C)C. The van der Waals surface area contributed by atoms with Crippen molar-refractivity contribution in [1.29, 1.82) is 0 Å². The number of hydrogen-bond donors (Lipinski definition) is 1. The van der Waals surface area contributed by atoms with Crippen LogP contribution in [0, 0.1) is 6.92 Å². The first-order valence-electron chi connectivity index (χ1n) is 5.37. The molecular formula is C12H19NO2S. The van der Waals surface area contributed by atoms with Crippen LogP contribution < -0.4 is 5.32 Å². The fraction of sp³-hybridized carbons (Fsp3) is 0.500. The summed E-state index contributed by atoms with van der Waals surface area (Å²) in [5.74, 6) is 0. The molecule has 90 valence electrons. The molecule has 0 atom stereocenters. The largest absolute Gasteiger partial charge is 0.316 e. The number of rotatable bonds is 4. The van der Waals surface area contributed by atoms with E-state index in [2.05, 4.69) is 5.32 Å². The van der Waals surface area contributed by atoms with Crippen molar-refractivity contribution in [1.82, 2.24) is 5.32 Å². The lowest BCUT2D eigenvalue weighted by atomic mass is 10.1. The minimum Gasteiger partial charge on any atom is -0.316 e. The fourth-order valence-electron chi connectivity index (χ4n) is 1.57. The Bertz CT molecular complexity index is 464. The van der Waals surface area contributed by atoms with Crippen LogP contribution in [0.3, 0.4) is 0 Å². The van der Waals surface area contributed by atoms with Crippen LogP contribution in [0.1, 0.15) is 25.0 Å². The Kier molecular flexibility index (Phi) is 4.10. The van der Waals surface area contributed by atoms with E-state index in [1.807, 2.05) is 26.1 Å². The smallest absolute Gasteiger partial charge is 0.181 e. The summed E-state index contributed by atoms with van der Waals surface area (Å²) in [6.07, 6.45) is 0. The minimum atomic E-state index is -3.19. The molecule has 0 unspecified atom stereocenters. The molecule has 0 aromatic heterocycles. The first-order chi connectivity index (χ1) is 7.39. The summed E-state index contributed by atoms with van der Waals surface area (Å²) in [6, 6.07) is 5.47. The lowest BCUT2D eigenvalue weighted by molar-refractivity contribution is 0.585. The Morgan fingerprint density at radius 3 is 2.44 bits per heavy atom. The number of aryl methyl sites for hydroxylation is 1. The molecule has 0 aliphatic rings. The number of benzene rings is 1. The Hall–Kier alpha value is -0.870. The molecular weight excluding hydrogens is 222 g/mol. The second-order valence-corrected chi connectivity index (χ2v) is 6.71. The van der Waals surface area contributed by atoms with Gasteiger partial charge in [0.1, 0.15) is 0 Å². The van der Waals surface area contributed by atoms with E-state index in [1.165, 1.54) is 0 Å². The molecule has 0 radical (unpaired) electrons. The van der Waals surface area contributed by atoms with E-state index in [0.29, 0.717) is 11.4 Å². The van der Waals surface area contributed by atoms with E-state index >= 15 is 0 Å². The molecule has 0 amide bonds. The van der Waals surface area contributed by atoms with E-state index in [1.54, 1.807) is 19.9 Å². The number of hydrogen-bond acceptors (Lipinski definition) is 3. The second kappa shape index (κ2) is 4.97. The molecule has 0 saturated carbocycles. The van der Waals surface area contributed by atoms with Gasteiger partial charge in [-0.1, -0.05) is 17.7 Å². The van der Waals surface area contributed by atoms with Gasteiger partial charge in [0.15, 0.2) is 9.84 Å². The summed E-state index contributed by atoms with van der Waals surface area (Å²) in [6.45, 7) is 5.95. The van der Waals surface area contributed by atoms with Gasteiger partial charge in [-0.3, -0.25) is 0 Å². The molecule has 0 aliphatic heterocycles.